The van der Waals surface area contributed by atoms with E-state index in [-0.39, 0.29) is 12.0 Å². The van der Waals surface area contributed by atoms with E-state index < -0.39 is 0 Å². The molecular formula is C12H18N2O2. The van der Waals surface area contributed by atoms with Gasteiger partial charge in [0.2, 0.25) is 0 Å². The first-order chi connectivity index (χ1) is 7.72. The lowest BCUT2D eigenvalue weighted by molar-refractivity contribution is -0.143. The number of pyridine rings is 1. The molecule has 88 valence electrons. The zero-order valence-electron chi connectivity index (χ0n) is 9.77. The Morgan fingerprint density at radius 2 is 2.38 bits per heavy atom. The van der Waals surface area contributed by atoms with Crippen molar-refractivity contribution in [2.24, 2.45) is 0 Å². The maximum Gasteiger partial charge on any atom is 0.307 e. The number of aromatic nitrogens is 1. The van der Waals surface area contributed by atoms with Crippen molar-refractivity contribution in [1.29, 1.82) is 0 Å². The summed E-state index contributed by atoms with van der Waals surface area (Å²) in [4.78, 5) is 15.4. The van der Waals surface area contributed by atoms with Crippen molar-refractivity contribution in [3.63, 3.8) is 0 Å². The fraction of sp³-hybridized carbons (Fsp3) is 0.500. The average Bonchev–Trinajstić information content (AvgIpc) is 2.28. The van der Waals surface area contributed by atoms with Gasteiger partial charge in [0.25, 0.3) is 0 Å². The van der Waals surface area contributed by atoms with Gasteiger partial charge in [0.1, 0.15) is 0 Å². The Bertz CT molecular complexity index is 314. The van der Waals surface area contributed by atoms with Crippen LogP contribution in [0.2, 0.25) is 0 Å². The van der Waals surface area contributed by atoms with Crippen LogP contribution >= 0.6 is 0 Å². The molecule has 0 spiro atoms. The number of esters is 1. The summed E-state index contributed by atoms with van der Waals surface area (Å²) in [6.07, 6.45) is 2.15. The van der Waals surface area contributed by atoms with E-state index in [2.05, 4.69) is 10.3 Å². The summed E-state index contributed by atoms with van der Waals surface area (Å²) in [7, 11) is 0. The molecule has 1 aromatic rings. The minimum absolute atomic E-state index is 0.0982. The third-order valence-corrected chi connectivity index (χ3v) is 2.14. The van der Waals surface area contributed by atoms with Crippen molar-refractivity contribution in [2.45, 2.75) is 32.9 Å². The molecule has 1 unspecified atom stereocenters. The third-order valence-electron chi connectivity index (χ3n) is 2.14. The van der Waals surface area contributed by atoms with Gasteiger partial charge >= 0.3 is 5.97 Å². The molecule has 0 amide bonds. The standard InChI is InChI=1S/C12H18N2O2/c1-3-16-12(15)8-10(2)14-9-11-6-4-5-7-13-11/h4-7,10,14H,3,8-9H2,1-2H3. The molecular weight excluding hydrogens is 204 g/mol. The average molecular weight is 222 g/mol. The van der Waals surface area contributed by atoms with Gasteiger partial charge in [0.15, 0.2) is 0 Å². The Hall–Kier alpha value is -1.42. The van der Waals surface area contributed by atoms with Gasteiger partial charge in [-0.05, 0) is 26.0 Å². The first kappa shape index (κ1) is 12.6. The molecule has 1 N–H and O–H groups in total. The van der Waals surface area contributed by atoms with Crippen LogP contribution in [0.1, 0.15) is 26.0 Å². The Morgan fingerprint density at radius 1 is 1.56 bits per heavy atom. The van der Waals surface area contributed by atoms with Gasteiger partial charge in [-0.25, -0.2) is 0 Å². The predicted octanol–water partition coefficient (Wildman–Crippen LogP) is 1.51. The van der Waals surface area contributed by atoms with Gasteiger partial charge < -0.3 is 10.1 Å². The van der Waals surface area contributed by atoms with Gasteiger partial charge in [-0.2, -0.15) is 0 Å². The van der Waals surface area contributed by atoms with Crippen LogP contribution in [0.4, 0.5) is 0 Å². The van der Waals surface area contributed by atoms with E-state index in [1.54, 1.807) is 6.20 Å². The molecule has 1 heterocycles. The minimum atomic E-state index is -0.163. The number of hydrogen-bond acceptors (Lipinski definition) is 4. The molecule has 1 aromatic heterocycles. The summed E-state index contributed by atoms with van der Waals surface area (Å²) < 4.78 is 4.87. The molecule has 0 bridgehead atoms. The number of nitrogens with one attached hydrogen (secondary N) is 1. The van der Waals surface area contributed by atoms with E-state index in [0.717, 1.165) is 5.69 Å². The fourth-order valence-electron chi connectivity index (χ4n) is 1.32. The molecule has 0 aliphatic carbocycles. The number of ether oxygens (including phenoxy) is 1. The highest BCUT2D eigenvalue weighted by atomic mass is 16.5. The number of hydrogen-bond donors (Lipinski definition) is 1. The van der Waals surface area contributed by atoms with Gasteiger partial charge in [0.05, 0.1) is 18.7 Å². The van der Waals surface area contributed by atoms with E-state index in [4.69, 9.17) is 4.74 Å². The molecule has 0 saturated carbocycles. The maximum atomic E-state index is 11.2. The summed E-state index contributed by atoms with van der Waals surface area (Å²) in [5.41, 5.74) is 0.971. The van der Waals surface area contributed by atoms with Crippen molar-refractivity contribution >= 4 is 5.97 Å². The van der Waals surface area contributed by atoms with E-state index in [1.165, 1.54) is 0 Å². The molecule has 0 aliphatic heterocycles. The van der Waals surface area contributed by atoms with Gasteiger partial charge in [-0.15, -0.1) is 0 Å². The lowest BCUT2D eigenvalue weighted by Gasteiger charge is -2.12. The first-order valence-electron chi connectivity index (χ1n) is 5.51. The minimum Gasteiger partial charge on any atom is -0.466 e. The molecule has 4 heteroatoms. The molecule has 1 atom stereocenters. The number of carbonyl (C=O) groups is 1. The third kappa shape index (κ3) is 4.89. The van der Waals surface area contributed by atoms with Gasteiger partial charge in [0, 0.05) is 18.8 Å². The van der Waals surface area contributed by atoms with Crippen molar-refractivity contribution < 1.29 is 9.53 Å². The second kappa shape index (κ2) is 6.95. The van der Waals surface area contributed by atoms with Crippen LogP contribution in [0.25, 0.3) is 0 Å². The molecule has 16 heavy (non-hydrogen) atoms. The van der Waals surface area contributed by atoms with Crippen LogP contribution in [0.3, 0.4) is 0 Å². The molecule has 0 saturated heterocycles. The Labute approximate surface area is 96.0 Å². The quantitative estimate of drug-likeness (QED) is 0.741. The molecule has 0 aromatic carbocycles. The zero-order chi connectivity index (χ0) is 11.8. The summed E-state index contributed by atoms with van der Waals surface area (Å²) in [6.45, 7) is 4.87. The van der Waals surface area contributed by atoms with Crippen molar-refractivity contribution in [3.8, 4) is 0 Å². The van der Waals surface area contributed by atoms with Crippen LogP contribution in [-0.2, 0) is 16.1 Å². The summed E-state index contributed by atoms with van der Waals surface area (Å²) in [5, 5.41) is 3.22. The first-order valence-corrected chi connectivity index (χ1v) is 5.51. The second-order valence-electron chi connectivity index (χ2n) is 3.61. The maximum absolute atomic E-state index is 11.2. The lowest BCUT2D eigenvalue weighted by Crippen LogP contribution is -2.29. The highest BCUT2D eigenvalue weighted by molar-refractivity contribution is 5.69. The summed E-state index contributed by atoms with van der Waals surface area (Å²) >= 11 is 0. The number of carbonyl (C=O) groups excluding carboxylic acids is 1. The highest BCUT2D eigenvalue weighted by Crippen LogP contribution is 1.97. The fourth-order valence-corrected chi connectivity index (χ4v) is 1.32. The van der Waals surface area contributed by atoms with E-state index in [0.29, 0.717) is 19.6 Å². The Morgan fingerprint density at radius 3 is 3.00 bits per heavy atom. The smallest absolute Gasteiger partial charge is 0.307 e. The van der Waals surface area contributed by atoms with Crippen molar-refractivity contribution in [2.75, 3.05) is 6.61 Å². The normalized spacial score (nSPS) is 12.1. The molecule has 1 rings (SSSR count). The molecule has 0 radical (unpaired) electrons. The SMILES string of the molecule is CCOC(=O)CC(C)NCc1ccccn1. The largest absolute Gasteiger partial charge is 0.466 e. The number of nitrogens with zero attached hydrogens (tertiary/aromatic N) is 1. The molecule has 4 nitrogen and oxygen atoms in total. The summed E-state index contributed by atoms with van der Waals surface area (Å²) in [5.74, 6) is -0.163. The van der Waals surface area contributed by atoms with Gasteiger partial charge in [-0.3, -0.25) is 9.78 Å². The van der Waals surface area contributed by atoms with Crippen LogP contribution in [0.5, 0.6) is 0 Å². The summed E-state index contributed by atoms with van der Waals surface area (Å²) in [6, 6.07) is 5.87. The van der Waals surface area contributed by atoms with E-state index in [9.17, 15) is 4.79 Å². The Balaban J connectivity index is 2.25. The van der Waals surface area contributed by atoms with Crippen molar-refractivity contribution in [3.05, 3.63) is 30.1 Å². The van der Waals surface area contributed by atoms with Crippen LogP contribution in [0.15, 0.2) is 24.4 Å². The van der Waals surface area contributed by atoms with E-state index in [1.807, 2.05) is 32.0 Å². The molecule has 0 fully saturated rings. The number of rotatable bonds is 6. The lowest BCUT2D eigenvalue weighted by atomic mass is 10.2. The van der Waals surface area contributed by atoms with Gasteiger partial charge in [-0.1, -0.05) is 6.07 Å². The van der Waals surface area contributed by atoms with Crippen LogP contribution in [-0.4, -0.2) is 23.6 Å². The Kier molecular flexibility index (Phi) is 5.50. The topological polar surface area (TPSA) is 51.2 Å². The monoisotopic (exact) mass is 222 g/mol. The second-order valence-corrected chi connectivity index (χ2v) is 3.61. The molecule has 0 aliphatic rings. The zero-order valence-corrected chi connectivity index (χ0v) is 9.77. The van der Waals surface area contributed by atoms with Crippen LogP contribution in [0, 0.1) is 0 Å². The van der Waals surface area contributed by atoms with Crippen LogP contribution < -0.4 is 5.32 Å². The van der Waals surface area contributed by atoms with Crippen molar-refractivity contribution in [1.82, 2.24) is 10.3 Å². The highest BCUT2D eigenvalue weighted by Gasteiger charge is 2.08. The van der Waals surface area contributed by atoms with E-state index >= 15 is 0 Å². The predicted molar refractivity (Wildman–Crippen MR) is 61.8 cm³/mol.